The topological polar surface area (TPSA) is 100 Å². The van der Waals surface area contributed by atoms with Crippen LogP contribution in [0.15, 0.2) is 40.5 Å². The fraction of sp³-hybridized carbons (Fsp3) is 0.391. The highest BCUT2D eigenvalue weighted by Gasteiger charge is 2.17. The molecule has 1 aliphatic rings. The van der Waals surface area contributed by atoms with E-state index in [9.17, 15) is 9.59 Å². The molecule has 2 N–H and O–H groups in total. The van der Waals surface area contributed by atoms with E-state index in [1.165, 1.54) is 30.4 Å². The zero-order valence-electron chi connectivity index (χ0n) is 18.3. The van der Waals surface area contributed by atoms with Gasteiger partial charge in [-0.25, -0.2) is 9.97 Å². The molecule has 0 saturated carbocycles. The Balaban J connectivity index is 1.24. The van der Waals surface area contributed by atoms with Gasteiger partial charge in [0.05, 0.1) is 23.9 Å². The molecule has 1 saturated heterocycles. The van der Waals surface area contributed by atoms with Gasteiger partial charge in [-0.1, -0.05) is 13.0 Å². The number of nitrogens with one attached hydrogen (secondary N) is 2. The summed E-state index contributed by atoms with van der Waals surface area (Å²) in [7, 11) is 0. The minimum Gasteiger partial charge on any atom is -0.469 e. The molecule has 8 nitrogen and oxygen atoms in total. The number of amides is 2. The monoisotopic (exact) mass is 453 g/mol. The van der Waals surface area contributed by atoms with Crippen molar-refractivity contribution in [1.29, 1.82) is 0 Å². The van der Waals surface area contributed by atoms with Crippen molar-refractivity contribution in [1.82, 2.24) is 15.3 Å². The molecule has 4 rings (SSSR count). The van der Waals surface area contributed by atoms with Crippen molar-refractivity contribution < 1.29 is 14.0 Å². The fourth-order valence-electron chi connectivity index (χ4n) is 3.60. The SMILES string of the molecule is Cc1occc1C(=O)Nc1nc(CC(=O)NCc2ccc(N3CCC(C)CC3)nc2)cs1. The molecule has 0 aromatic carbocycles. The number of nitrogens with zero attached hydrogens (tertiary/aromatic N) is 3. The number of piperidine rings is 1. The van der Waals surface area contributed by atoms with Crippen LogP contribution in [0.1, 0.15) is 47.1 Å². The van der Waals surface area contributed by atoms with Crippen molar-refractivity contribution >= 4 is 34.1 Å². The van der Waals surface area contributed by atoms with E-state index in [2.05, 4.69) is 32.4 Å². The Hall–Kier alpha value is -3.20. The van der Waals surface area contributed by atoms with Gasteiger partial charge in [0.15, 0.2) is 5.13 Å². The molecule has 9 heteroatoms. The lowest BCUT2D eigenvalue weighted by molar-refractivity contribution is -0.120. The number of anilines is 2. The maximum absolute atomic E-state index is 12.3. The molecule has 4 heterocycles. The predicted octanol–water partition coefficient (Wildman–Crippen LogP) is 3.79. The minimum absolute atomic E-state index is 0.132. The summed E-state index contributed by atoms with van der Waals surface area (Å²) in [6.45, 7) is 6.52. The molecule has 3 aromatic heterocycles. The van der Waals surface area contributed by atoms with Gasteiger partial charge in [0.25, 0.3) is 5.91 Å². The molecule has 3 aromatic rings. The van der Waals surface area contributed by atoms with Gasteiger partial charge in [0.1, 0.15) is 11.6 Å². The molecule has 0 bridgehead atoms. The summed E-state index contributed by atoms with van der Waals surface area (Å²) < 4.78 is 5.15. The molecule has 0 radical (unpaired) electrons. The Morgan fingerprint density at radius 1 is 1.25 bits per heavy atom. The normalized spacial score (nSPS) is 14.4. The van der Waals surface area contributed by atoms with Gasteiger partial charge in [-0.2, -0.15) is 0 Å². The number of carbonyl (C=O) groups excluding carboxylic acids is 2. The van der Waals surface area contributed by atoms with Crippen molar-refractivity contribution in [2.75, 3.05) is 23.3 Å². The fourth-order valence-corrected chi connectivity index (χ4v) is 4.31. The number of rotatable bonds is 7. The molecular weight excluding hydrogens is 426 g/mol. The van der Waals surface area contributed by atoms with E-state index in [-0.39, 0.29) is 18.2 Å². The van der Waals surface area contributed by atoms with E-state index in [4.69, 9.17) is 4.42 Å². The van der Waals surface area contributed by atoms with Gasteiger partial charge in [-0.05, 0) is 43.4 Å². The first-order valence-electron chi connectivity index (χ1n) is 10.7. The summed E-state index contributed by atoms with van der Waals surface area (Å²) >= 11 is 1.28. The van der Waals surface area contributed by atoms with Crippen LogP contribution in [-0.4, -0.2) is 34.9 Å². The summed E-state index contributed by atoms with van der Waals surface area (Å²) in [5.41, 5.74) is 2.03. The van der Waals surface area contributed by atoms with Gasteiger partial charge < -0.3 is 14.6 Å². The third kappa shape index (κ3) is 5.53. The first-order chi connectivity index (χ1) is 15.5. The van der Waals surface area contributed by atoms with Gasteiger partial charge in [-0.15, -0.1) is 11.3 Å². The zero-order chi connectivity index (χ0) is 22.5. The van der Waals surface area contributed by atoms with Crippen molar-refractivity contribution in [2.45, 2.75) is 39.7 Å². The highest BCUT2D eigenvalue weighted by Crippen LogP contribution is 2.21. The Bertz CT molecular complexity index is 1070. The van der Waals surface area contributed by atoms with E-state index >= 15 is 0 Å². The third-order valence-corrected chi connectivity index (χ3v) is 6.43. The first kappa shape index (κ1) is 22.0. The Morgan fingerprint density at radius 2 is 2.06 bits per heavy atom. The lowest BCUT2D eigenvalue weighted by atomic mass is 9.99. The van der Waals surface area contributed by atoms with E-state index in [1.807, 2.05) is 18.3 Å². The summed E-state index contributed by atoms with van der Waals surface area (Å²) in [5, 5.41) is 7.86. The number of hydrogen-bond donors (Lipinski definition) is 2. The van der Waals surface area contributed by atoms with Crippen molar-refractivity contribution in [3.63, 3.8) is 0 Å². The smallest absolute Gasteiger partial charge is 0.260 e. The maximum atomic E-state index is 12.3. The lowest BCUT2D eigenvalue weighted by Gasteiger charge is -2.31. The Morgan fingerprint density at radius 3 is 2.75 bits per heavy atom. The summed E-state index contributed by atoms with van der Waals surface area (Å²) in [6.07, 6.45) is 5.84. The summed E-state index contributed by atoms with van der Waals surface area (Å²) in [4.78, 5) is 35.8. The number of aryl methyl sites for hydroxylation is 1. The van der Waals surface area contributed by atoms with Crippen LogP contribution in [0.4, 0.5) is 10.9 Å². The Kier molecular flexibility index (Phi) is 6.84. The number of hydrogen-bond acceptors (Lipinski definition) is 7. The first-order valence-corrected chi connectivity index (χ1v) is 11.6. The van der Waals surface area contributed by atoms with E-state index in [0.29, 0.717) is 28.7 Å². The average molecular weight is 454 g/mol. The molecule has 1 fully saturated rings. The largest absolute Gasteiger partial charge is 0.469 e. The second kappa shape index (κ2) is 9.95. The molecule has 168 valence electrons. The number of furan rings is 1. The molecule has 0 unspecified atom stereocenters. The van der Waals surface area contributed by atoms with Gasteiger partial charge in [0, 0.05) is 31.2 Å². The van der Waals surface area contributed by atoms with E-state index in [0.717, 1.165) is 30.4 Å². The predicted molar refractivity (Wildman–Crippen MR) is 124 cm³/mol. The van der Waals surface area contributed by atoms with E-state index < -0.39 is 0 Å². The quantitative estimate of drug-likeness (QED) is 0.565. The van der Waals surface area contributed by atoms with Crippen molar-refractivity contribution in [3.8, 4) is 0 Å². The maximum Gasteiger partial charge on any atom is 0.260 e. The molecule has 32 heavy (non-hydrogen) atoms. The molecule has 0 aliphatic carbocycles. The van der Waals surface area contributed by atoms with Gasteiger partial charge in [0.2, 0.25) is 5.91 Å². The lowest BCUT2D eigenvalue weighted by Crippen LogP contribution is -2.33. The highest BCUT2D eigenvalue weighted by atomic mass is 32.1. The second-order valence-corrected chi connectivity index (χ2v) is 8.99. The van der Waals surface area contributed by atoms with Crippen LogP contribution < -0.4 is 15.5 Å². The van der Waals surface area contributed by atoms with Crippen LogP contribution in [0.2, 0.25) is 0 Å². The second-order valence-electron chi connectivity index (χ2n) is 8.14. The minimum atomic E-state index is -0.281. The highest BCUT2D eigenvalue weighted by molar-refractivity contribution is 7.14. The van der Waals surface area contributed by atoms with E-state index in [1.54, 1.807) is 18.4 Å². The van der Waals surface area contributed by atoms with Gasteiger partial charge in [-0.3, -0.25) is 14.9 Å². The number of carbonyl (C=O) groups is 2. The zero-order valence-corrected chi connectivity index (χ0v) is 19.1. The molecule has 0 atom stereocenters. The third-order valence-electron chi connectivity index (χ3n) is 5.62. The van der Waals surface area contributed by atoms with Crippen LogP contribution >= 0.6 is 11.3 Å². The van der Waals surface area contributed by atoms with Crippen LogP contribution in [-0.2, 0) is 17.8 Å². The molecule has 2 amide bonds. The number of pyridine rings is 1. The molecule has 0 spiro atoms. The molecular formula is C23H27N5O3S. The van der Waals surface area contributed by atoms with Crippen molar-refractivity contribution in [2.24, 2.45) is 5.92 Å². The van der Waals surface area contributed by atoms with Crippen LogP contribution in [0.25, 0.3) is 0 Å². The van der Waals surface area contributed by atoms with Crippen molar-refractivity contribution in [3.05, 3.63) is 58.6 Å². The van der Waals surface area contributed by atoms with Crippen LogP contribution in [0.5, 0.6) is 0 Å². The molecule has 1 aliphatic heterocycles. The number of aromatic nitrogens is 2. The standard InChI is InChI=1S/C23H27N5O3S/c1-15-5-8-28(9-6-15)20-4-3-17(12-24-20)13-25-21(29)11-18-14-32-23(26-18)27-22(30)19-7-10-31-16(19)2/h3-4,7,10,12,14-15H,5-6,8-9,11,13H2,1-2H3,(H,25,29)(H,26,27,30). The average Bonchev–Trinajstić information content (AvgIpc) is 3.42. The van der Waals surface area contributed by atoms with Gasteiger partial charge >= 0.3 is 0 Å². The van der Waals surface area contributed by atoms with Crippen LogP contribution in [0, 0.1) is 12.8 Å². The Labute approximate surface area is 191 Å². The van der Waals surface area contributed by atoms with Crippen LogP contribution in [0.3, 0.4) is 0 Å². The summed E-state index contributed by atoms with van der Waals surface area (Å²) in [6, 6.07) is 5.64. The number of thiazole rings is 1. The summed E-state index contributed by atoms with van der Waals surface area (Å²) in [5.74, 6) is 1.91.